The number of carbonyl (C=O) groups excluding carboxylic acids is 2. The first-order chi connectivity index (χ1) is 13.9. The van der Waals surface area contributed by atoms with Crippen LogP contribution in [0.1, 0.15) is 59.8 Å². The van der Waals surface area contributed by atoms with Crippen molar-refractivity contribution in [3.63, 3.8) is 0 Å². The van der Waals surface area contributed by atoms with Crippen LogP contribution in [0.15, 0.2) is 0 Å². The summed E-state index contributed by atoms with van der Waals surface area (Å²) in [5, 5.41) is 9.10. The zero-order chi connectivity index (χ0) is 22.4. The van der Waals surface area contributed by atoms with E-state index >= 15 is 0 Å². The molecular weight excluding hydrogens is 397 g/mol. The fraction of sp³-hybridized carbons (Fsp3) is 0.857. The van der Waals surface area contributed by atoms with E-state index in [9.17, 15) is 18.8 Å². The maximum Gasteiger partial charge on any atom is 0.511 e. The van der Waals surface area contributed by atoms with Gasteiger partial charge in [-0.25, -0.2) is 18.8 Å². The number of carboxylic acids is 1. The van der Waals surface area contributed by atoms with Gasteiger partial charge in [-0.15, -0.1) is 0 Å². The Hall–Kier alpha value is -1.90. The highest BCUT2D eigenvalue weighted by molar-refractivity contribution is 5.90. The van der Waals surface area contributed by atoms with Crippen LogP contribution in [0.5, 0.6) is 0 Å². The zero-order valence-electron chi connectivity index (χ0n) is 17.9. The molecule has 3 saturated carbocycles. The summed E-state index contributed by atoms with van der Waals surface area (Å²) in [5.41, 5.74) is 1.80. The van der Waals surface area contributed by atoms with Gasteiger partial charge < -0.3 is 25.1 Å². The summed E-state index contributed by atoms with van der Waals surface area (Å²) in [6.45, 7) is 7.62. The lowest BCUT2D eigenvalue weighted by Gasteiger charge is -2.36. The third kappa shape index (κ3) is 3.88. The average molecular weight is 429 g/mol. The van der Waals surface area contributed by atoms with E-state index in [1.807, 2.05) is 0 Å². The van der Waals surface area contributed by atoms with E-state index in [-0.39, 0.29) is 24.9 Å². The monoisotopic (exact) mass is 429 g/mol. The van der Waals surface area contributed by atoms with Crippen LogP contribution in [0.25, 0.3) is 0 Å². The minimum absolute atomic E-state index is 0.118. The third-order valence-corrected chi connectivity index (χ3v) is 7.16. The number of ether oxygens (including phenoxy) is 3. The van der Waals surface area contributed by atoms with E-state index in [0.717, 1.165) is 19.3 Å². The van der Waals surface area contributed by atoms with Gasteiger partial charge in [-0.05, 0) is 43.4 Å². The molecular formula is C21H32FNO7. The second kappa shape index (κ2) is 7.98. The van der Waals surface area contributed by atoms with Crippen molar-refractivity contribution in [2.75, 3.05) is 0 Å². The van der Waals surface area contributed by atoms with Gasteiger partial charge in [0, 0.05) is 18.8 Å². The third-order valence-electron chi connectivity index (χ3n) is 7.16. The molecule has 0 aromatic carbocycles. The molecule has 3 aliphatic carbocycles. The minimum atomic E-state index is -2.50. The van der Waals surface area contributed by atoms with Crippen LogP contribution in [0.2, 0.25) is 0 Å². The lowest BCUT2D eigenvalue weighted by Crippen LogP contribution is -2.53. The normalized spacial score (nSPS) is 41.0. The Morgan fingerprint density at radius 1 is 1.13 bits per heavy atom. The highest BCUT2D eigenvalue weighted by atomic mass is 19.1. The van der Waals surface area contributed by atoms with Crippen LogP contribution in [0.3, 0.4) is 0 Å². The van der Waals surface area contributed by atoms with Crippen molar-refractivity contribution >= 4 is 18.1 Å². The second-order valence-electron chi connectivity index (χ2n) is 9.56. The van der Waals surface area contributed by atoms with E-state index in [2.05, 4.69) is 20.8 Å². The van der Waals surface area contributed by atoms with Crippen molar-refractivity contribution in [2.45, 2.75) is 83.4 Å². The predicted octanol–water partition coefficient (Wildman–Crippen LogP) is 3.02. The number of hydrogen-bond acceptors (Lipinski definition) is 7. The van der Waals surface area contributed by atoms with Gasteiger partial charge in [-0.3, -0.25) is 0 Å². The summed E-state index contributed by atoms with van der Waals surface area (Å²) in [4.78, 5) is 36.0. The summed E-state index contributed by atoms with van der Waals surface area (Å²) >= 11 is 0. The lowest BCUT2D eigenvalue weighted by atomic mass is 9.75. The van der Waals surface area contributed by atoms with E-state index in [1.54, 1.807) is 0 Å². The Morgan fingerprint density at radius 3 is 2.37 bits per heavy atom. The van der Waals surface area contributed by atoms with Crippen LogP contribution in [0, 0.1) is 29.6 Å². The second-order valence-corrected chi connectivity index (χ2v) is 9.56. The molecule has 0 heterocycles. The fourth-order valence-corrected chi connectivity index (χ4v) is 5.43. The van der Waals surface area contributed by atoms with Crippen molar-refractivity contribution in [1.29, 1.82) is 0 Å². The van der Waals surface area contributed by atoms with Crippen molar-refractivity contribution < 1.29 is 38.1 Å². The number of nitrogens with two attached hydrogens (primary N) is 1. The molecule has 0 aromatic rings. The molecule has 0 spiro atoms. The molecule has 9 heteroatoms. The number of hydrogen-bond donors (Lipinski definition) is 2. The summed E-state index contributed by atoms with van der Waals surface area (Å²) in [6, 6.07) is 0. The molecule has 0 saturated heterocycles. The van der Waals surface area contributed by atoms with Crippen LogP contribution in [-0.4, -0.2) is 46.8 Å². The number of carbonyl (C=O) groups is 3. The Balaban J connectivity index is 1.54. The van der Waals surface area contributed by atoms with Gasteiger partial charge in [-0.2, -0.15) is 0 Å². The number of rotatable bonds is 6. The Kier molecular flexibility index (Phi) is 6.06. The molecule has 3 N–H and O–H groups in total. The zero-order valence-corrected chi connectivity index (χ0v) is 17.9. The number of alkyl halides is 1. The fourth-order valence-electron chi connectivity index (χ4n) is 5.43. The van der Waals surface area contributed by atoms with Crippen molar-refractivity contribution in [3.05, 3.63) is 0 Å². The molecule has 3 fully saturated rings. The maximum absolute atomic E-state index is 14.5. The van der Waals surface area contributed by atoms with Gasteiger partial charge in [0.2, 0.25) is 12.0 Å². The van der Waals surface area contributed by atoms with Crippen molar-refractivity contribution in [1.82, 2.24) is 0 Å². The molecule has 8 nitrogen and oxygen atoms in total. The lowest BCUT2D eigenvalue weighted by molar-refractivity contribution is -0.177. The van der Waals surface area contributed by atoms with Crippen LogP contribution in [-0.2, 0) is 23.8 Å². The van der Waals surface area contributed by atoms with Gasteiger partial charge in [0.15, 0.2) is 0 Å². The Morgan fingerprint density at radius 2 is 1.80 bits per heavy atom. The number of aliphatic carboxylic acids is 1. The first-order valence-electron chi connectivity index (χ1n) is 10.7. The molecule has 0 bridgehead atoms. The summed E-state index contributed by atoms with van der Waals surface area (Å²) in [6.07, 6.45) is 0.602. The van der Waals surface area contributed by atoms with Gasteiger partial charge in [0.25, 0.3) is 0 Å². The minimum Gasteiger partial charge on any atom is -0.479 e. The molecule has 3 rings (SSSR count). The van der Waals surface area contributed by atoms with E-state index in [4.69, 9.17) is 25.1 Å². The number of carboxylic acid groups (broad SMARTS) is 1. The van der Waals surface area contributed by atoms with E-state index in [1.165, 1.54) is 6.92 Å². The first-order valence-corrected chi connectivity index (χ1v) is 10.7. The largest absolute Gasteiger partial charge is 0.511 e. The van der Waals surface area contributed by atoms with Crippen molar-refractivity contribution in [3.8, 4) is 0 Å². The number of fused-ring (bicyclic) bond motifs is 1. The smallest absolute Gasteiger partial charge is 0.479 e. The van der Waals surface area contributed by atoms with E-state index in [0.29, 0.717) is 11.8 Å². The number of halogens is 1. The van der Waals surface area contributed by atoms with Crippen LogP contribution >= 0.6 is 0 Å². The summed E-state index contributed by atoms with van der Waals surface area (Å²) in [5.74, 6) is -3.49. The maximum atomic E-state index is 14.5. The average Bonchev–Trinajstić information content (AvgIpc) is 3.07. The summed E-state index contributed by atoms with van der Waals surface area (Å²) in [7, 11) is 0. The molecule has 0 aliphatic heterocycles. The summed E-state index contributed by atoms with van der Waals surface area (Å²) < 4.78 is 30.2. The van der Waals surface area contributed by atoms with Crippen molar-refractivity contribution in [2.24, 2.45) is 35.3 Å². The van der Waals surface area contributed by atoms with E-state index < -0.39 is 47.4 Å². The molecule has 3 aliphatic rings. The molecule has 0 radical (unpaired) electrons. The molecule has 30 heavy (non-hydrogen) atoms. The molecule has 170 valence electrons. The standard InChI is InChI=1S/C21H32FNO7/c1-10(2)13-6-5-11(3)9-15(13)30-19(27)29-12(4)28-18(26)20(23)8-7-14-16(20)21(14,22)17(24)25/h10-16H,5-9,23H2,1-4H3,(H,24,25)/t11-,12-,13+,14-,15-,16-,20+,21-/m1/s1. The predicted molar refractivity (Wildman–Crippen MR) is 103 cm³/mol. The Labute approximate surface area is 175 Å². The van der Waals surface area contributed by atoms with Gasteiger partial charge in [-0.1, -0.05) is 27.2 Å². The van der Waals surface area contributed by atoms with Gasteiger partial charge in [0.05, 0.1) is 0 Å². The first kappa shape index (κ1) is 22.8. The van der Waals surface area contributed by atoms with Crippen LogP contribution in [0.4, 0.5) is 9.18 Å². The molecule has 8 atom stereocenters. The molecule has 0 aromatic heterocycles. The van der Waals surface area contributed by atoms with Gasteiger partial charge in [0.1, 0.15) is 11.6 Å². The van der Waals surface area contributed by atoms with Crippen LogP contribution < -0.4 is 5.73 Å². The highest BCUT2D eigenvalue weighted by Crippen LogP contribution is 2.66. The molecule has 0 unspecified atom stereocenters. The number of esters is 1. The highest BCUT2D eigenvalue weighted by Gasteiger charge is 2.82. The molecule has 0 amide bonds. The SMILES string of the molecule is CC(C)[C@@H]1CC[C@@H](C)C[C@H]1OC(=O)O[C@H](C)OC(=O)[C@]1(N)CC[C@@H]2[C@H]1[C@@]2(F)C(=O)O. The quantitative estimate of drug-likeness (QED) is 0.488. The topological polar surface area (TPSA) is 125 Å². The van der Waals surface area contributed by atoms with Gasteiger partial charge >= 0.3 is 18.1 Å². The Bertz CT molecular complexity index is 715.